The first-order valence-electron chi connectivity index (χ1n) is 14.4. The highest BCUT2D eigenvalue weighted by atomic mass is 35.5. The van der Waals surface area contributed by atoms with Crippen LogP contribution in [0.1, 0.15) is 34.7 Å². The van der Waals surface area contributed by atoms with Crippen molar-refractivity contribution in [3.8, 4) is 0 Å². The zero-order chi connectivity index (χ0) is 34.6. The number of anilines is 2. The number of rotatable bonds is 6. The Bertz CT molecular complexity index is 1820. The molecular formula is C30H32Cl2N6O6S4. The molecule has 0 radical (unpaired) electrons. The maximum absolute atomic E-state index is 12.6. The van der Waals surface area contributed by atoms with Gasteiger partial charge in [0.15, 0.2) is 0 Å². The maximum atomic E-state index is 12.6. The molecule has 2 aliphatic rings. The fourth-order valence-corrected chi connectivity index (χ4v) is 9.80. The Hall–Kier alpha value is -2.90. The second-order valence-electron chi connectivity index (χ2n) is 10.9. The van der Waals surface area contributed by atoms with Crippen molar-refractivity contribution in [1.82, 2.24) is 18.1 Å². The lowest BCUT2D eigenvalue weighted by Crippen LogP contribution is -2.55. The molecule has 48 heavy (non-hydrogen) atoms. The predicted molar refractivity (Wildman–Crippen MR) is 191 cm³/mol. The smallest absolute Gasteiger partial charge is 0.280 e. The van der Waals surface area contributed by atoms with Crippen molar-refractivity contribution in [3.05, 3.63) is 103 Å². The molecular weight excluding hydrogens is 740 g/mol. The number of carbonyl (C=O) groups excluding carboxylic acids is 2. The van der Waals surface area contributed by atoms with E-state index in [2.05, 4.69) is 20.1 Å². The highest BCUT2D eigenvalue weighted by Gasteiger charge is 2.42. The summed E-state index contributed by atoms with van der Waals surface area (Å²) in [5.74, 6) is -0.766. The van der Waals surface area contributed by atoms with E-state index in [1.165, 1.54) is 36.8 Å². The summed E-state index contributed by atoms with van der Waals surface area (Å²) in [7, 11) is -4.66. The van der Waals surface area contributed by atoms with Crippen molar-refractivity contribution in [2.45, 2.75) is 37.0 Å². The van der Waals surface area contributed by atoms with E-state index in [0.29, 0.717) is 34.3 Å². The monoisotopic (exact) mass is 770 g/mol. The fourth-order valence-electron chi connectivity index (χ4n) is 5.16. The first-order valence-corrected chi connectivity index (χ1v) is 19.8. The first kappa shape index (κ1) is 36.4. The van der Waals surface area contributed by atoms with Gasteiger partial charge in [0.05, 0.1) is 12.1 Å². The van der Waals surface area contributed by atoms with Crippen molar-refractivity contribution in [2.75, 3.05) is 24.7 Å². The Morgan fingerprint density at radius 1 is 0.688 bits per heavy atom. The number of benzene rings is 2. The summed E-state index contributed by atoms with van der Waals surface area (Å²) in [5, 5.41) is 10.2. The van der Waals surface area contributed by atoms with Crippen LogP contribution in [0.15, 0.2) is 83.6 Å². The molecule has 2 fully saturated rings. The zero-order valence-corrected chi connectivity index (χ0v) is 30.3. The molecule has 4 N–H and O–H groups in total. The third-order valence-electron chi connectivity index (χ3n) is 7.70. The van der Waals surface area contributed by atoms with E-state index in [0.717, 1.165) is 18.4 Å². The minimum Gasteiger partial charge on any atom is -0.325 e. The molecule has 0 bridgehead atoms. The van der Waals surface area contributed by atoms with Crippen LogP contribution in [0.2, 0.25) is 10.0 Å². The van der Waals surface area contributed by atoms with E-state index >= 15 is 0 Å². The highest BCUT2D eigenvalue weighted by molar-refractivity contribution is 7.87. The van der Waals surface area contributed by atoms with Crippen molar-refractivity contribution in [1.29, 1.82) is 0 Å². The van der Waals surface area contributed by atoms with Gasteiger partial charge in [0.2, 0.25) is 11.8 Å². The van der Waals surface area contributed by atoms with Crippen LogP contribution in [0.5, 0.6) is 0 Å². The van der Waals surface area contributed by atoms with Crippen LogP contribution in [0.4, 0.5) is 11.4 Å². The van der Waals surface area contributed by atoms with Crippen molar-refractivity contribution < 1.29 is 26.4 Å². The van der Waals surface area contributed by atoms with Crippen molar-refractivity contribution >= 4 is 89.5 Å². The SMILES string of the molecule is CN1C(C(=O)Nc2cccc(Cl)c2)CC(c2cccs2)NS1(=O)=O.CN1[C@H](C(=O)Nc2cccc(Cl)c2)C[C@H](c2cccs2)NS1(=O)=O. The highest BCUT2D eigenvalue weighted by Crippen LogP contribution is 2.32. The van der Waals surface area contributed by atoms with Gasteiger partial charge in [-0.05, 0) is 72.1 Å². The number of nitrogens with zero attached hydrogens (tertiary/aromatic N) is 2. The molecule has 256 valence electrons. The fraction of sp³-hybridized carbons (Fsp3) is 0.267. The summed E-state index contributed by atoms with van der Waals surface area (Å²) >= 11 is 14.7. The molecule has 0 spiro atoms. The molecule has 2 amide bonds. The van der Waals surface area contributed by atoms with E-state index in [1.54, 1.807) is 48.5 Å². The molecule has 2 saturated heterocycles. The quantitative estimate of drug-likeness (QED) is 0.210. The number of hydrogen-bond acceptors (Lipinski definition) is 8. The van der Waals surface area contributed by atoms with Crippen LogP contribution in [-0.2, 0) is 30.0 Å². The third kappa shape index (κ3) is 8.81. The van der Waals surface area contributed by atoms with Gasteiger partial charge >= 0.3 is 0 Å². The zero-order valence-electron chi connectivity index (χ0n) is 25.5. The van der Waals surface area contributed by atoms with Gasteiger partial charge in [0.1, 0.15) is 12.1 Å². The summed E-state index contributed by atoms with van der Waals surface area (Å²) in [6.45, 7) is 0. The largest absolute Gasteiger partial charge is 0.325 e. The van der Waals surface area contributed by atoms with Gasteiger partial charge in [0.25, 0.3) is 20.4 Å². The summed E-state index contributed by atoms with van der Waals surface area (Å²) in [6.07, 6.45) is 0.700. The molecule has 12 nitrogen and oxygen atoms in total. The van der Waals surface area contributed by atoms with Crippen LogP contribution >= 0.6 is 45.9 Å². The molecule has 4 atom stereocenters. The first-order chi connectivity index (χ1) is 22.7. The summed E-state index contributed by atoms with van der Waals surface area (Å²) in [4.78, 5) is 27.0. The molecule has 4 heterocycles. The van der Waals surface area contributed by atoms with Crippen LogP contribution in [0, 0.1) is 0 Å². The molecule has 2 aliphatic heterocycles. The molecule has 0 saturated carbocycles. The summed E-state index contributed by atoms with van der Waals surface area (Å²) in [5.41, 5.74) is 1.06. The number of thiophene rings is 2. The Balaban J connectivity index is 0.000000188. The molecule has 6 rings (SSSR count). The lowest BCUT2D eigenvalue weighted by atomic mass is 10.1. The third-order valence-corrected chi connectivity index (χ3v) is 13.3. The number of likely N-dealkylation sites (N-methyl/N-ethyl adjacent to an activating group) is 2. The minimum atomic E-state index is -3.73. The molecule has 2 aromatic heterocycles. The van der Waals surface area contributed by atoms with Gasteiger partial charge in [-0.2, -0.15) is 34.9 Å². The topological polar surface area (TPSA) is 157 Å². The van der Waals surface area contributed by atoms with Gasteiger partial charge in [-0.15, -0.1) is 22.7 Å². The average molecular weight is 772 g/mol. The molecule has 2 unspecified atom stereocenters. The van der Waals surface area contributed by atoms with Crippen molar-refractivity contribution in [2.24, 2.45) is 0 Å². The second-order valence-corrected chi connectivity index (χ2v) is 17.3. The second kappa shape index (κ2) is 15.3. The van der Waals surface area contributed by atoms with Gasteiger partial charge < -0.3 is 10.6 Å². The van der Waals surface area contributed by atoms with Gasteiger partial charge in [-0.1, -0.05) is 47.5 Å². The number of hydrogen-bond donors (Lipinski definition) is 4. The molecule has 0 aliphatic carbocycles. The van der Waals surface area contributed by atoms with E-state index < -0.39 is 44.6 Å². The van der Waals surface area contributed by atoms with Gasteiger partial charge in [0, 0.05) is 45.3 Å². The number of halogens is 2. The minimum absolute atomic E-state index is 0.350. The van der Waals surface area contributed by atoms with Crippen molar-refractivity contribution in [3.63, 3.8) is 0 Å². The Labute approximate surface area is 297 Å². The Kier molecular flexibility index (Phi) is 11.6. The maximum Gasteiger partial charge on any atom is 0.280 e. The predicted octanol–water partition coefficient (Wildman–Crippen LogP) is 5.24. The number of nitrogens with one attached hydrogen (secondary N) is 4. The van der Waals surface area contributed by atoms with E-state index in [4.69, 9.17) is 23.2 Å². The molecule has 18 heteroatoms. The average Bonchev–Trinajstić information content (AvgIpc) is 3.76. The van der Waals surface area contributed by atoms with Crippen LogP contribution in [0.25, 0.3) is 0 Å². The van der Waals surface area contributed by atoms with Crippen LogP contribution in [-0.4, -0.2) is 63.4 Å². The van der Waals surface area contributed by atoms with E-state index in [1.807, 2.05) is 35.0 Å². The van der Waals surface area contributed by atoms with Gasteiger partial charge in [-0.25, -0.2) is 0 Å². The van der Waals surface area contributed by atoms with Gasteiger partial charge in [-0.3, -0.25) is 9.59 Å². The number of amides is 2. The Morgan fingerprint density at radius 2 is 1.08 bits per heavy atom. The normalized spacial score (nSPS) is 23.8. The lowest BCUT2D eigenvalue weighted by Gasteiger charge is -2.35. The van der Waals surface area contributed by atoms with Crippen LogP contribution in [0.3, 0.4) is 0 Å². The number of carbonyl (C=O) groups is 2. The molecule has 4 aromatic rings. The van der Waals surface area contributed by atoms with Crippen LogP contribution < -0.4 is 20.1 Å². The Morgan fingerprint density at radius 3 is 1.42 bits per heavy atom. The lowest BCUT2D eigenvalue weighted by molar-refractivity contribution is -0.120. The van der Waals surface area contributed by atoms with E-state index in [9.17, 15) is 26.4 Å². The molecule has 2 aromatic carbocycles. The van der Waals surface area contributed by atoms with E-state index in [-0.39, 0.29) is 11.8 Å². The standard InChI is InChI=1S/2C15H16ClN3O3S2/c2*1-19-13(15(20)17-11-5-2-4-10(16)8-11)9-12(18-24(19,21)22)14-6-3-7-23-14/h2*2-8,12-13,18H,9H2,1H3,(H,17,20)/t12-,13+;/m1./s1. The summed E-state index contributed by atoms with van der Waals surface area (Å²) < 4.78 is 56.7. The summed E-state index contributed by atoms with van der Waals surface area (Å²) in [6, 6.07) is 18.5.